The number of benzene rings is 2. The molecule has 0 heterocycles. The van der Waals surface area contributed by atoms with Gasteiger partial charge in [0.2, 0.25) is 5.91 Å². The molecule has 8 nitrogen and oxygen atoms in total. The monoisotopic (exact) mass is 561 g/mol. The number of aliphatic hydroxyl groups is 3. The third kappa shape index (κ3) is 3.73. The highest BCUT2D eigenvalue weighted by Gasteiger charge is 2.75. The van der Waals surface area contributed by atoms with Crippen LogP contribution in [0.5, 0.6) is 5.75 Å². The van der Waals surface area contributed by atoms with E-state index in [0.717, 1.165) is 22.3 Å². The number of amides is 1. The number of aryl methyl sites for hydroxylation is 1. The van der Waals surface area contributed by atoms with Gasteiger partial charge >= 0.3 is 0 Å². The normalized spacial score (nSPS) is 36.4. The van der Waals surface area contributed by atoms with Crippen LogP contribution in [0.1, 0.15) is 61.2 Å². The third-order valence-corrected chi connectivity index (χ3v) is 10.5. The first kappa shape index (κ1) is 29.2. The smallest absolute Gasteiger partial charge is 0.230 e. The van der Waals surface area contributed by atoms with Gasteiger partial charge in [0, 0.05) is 5.41 Å². The number of rotatable bonds is 4. The van der Waals surface area contributed by atoms with Gasteiger partial charge in [-0.25, -0.2) is 0 Å². The summed E-state index contributed by atoms with van der Waals surface area (Å²) in [5.74, 6) is -7.07. The Kier molecular flexibility index (Phi) is 6.65. The summed E-state index contributed by atoms with van der Waals surface area (Å²) in [6, 6.07) is 9.08. The van der Waals surface area contributed by atoms with Crippen molar-refractivity contribution in [1.29, 1.82) is 0 Å². The van der Waals surface area contributed by atoms with Crippen molar-refractivity contribution < 1.29 is 34.8 Å². The maximum absolute atomic E-state index is 14.3. The zero-order valence-electron chi connectivity index (χ0n) is 24.1. The summed E-state index contributed by atoms with van der Waals surface area (Å²) in [5.41, 5.74) is 4.86. The molecule has 218 valence electrons. The van der Waals surface area contributed by atoms with Crippen molar-refractivity contribution in [2.45, 2.75) is 65.3 Å². The van der Waals surface area contributed by atoms with Crippen LogP contribution in [-0.4, -0.2) is 55.7 Å². The molecule has 2 aromatic rings. The fourth-order valence-electron chi connectivity index (χ4n) is 8.83. The number of phenolic OH excluding ortho intramolecular Hbond substituents is 1. The van der Waals surface area contributed by atoms with Crippen LogP contribution < -0.4 is 5.73 Å². The van der Waals surface area contributed by atoms with E-state index in [9.17, 15) is 34.8 Å². The highest BCUT2D eigenvalue weighted by molar-refractivity contribution is 6.09. The fraction of sp³-hybridized carbons (Fsp3) is 0.485. The zero-order valence-corrected chi connectivity index (χ0v) is 24.1. The molecule has 1 amide bonds. The molecule has 0 aromatic heterocycles. The second-order valence-electron chi connectivity index (χ2n) is 13.2. The van der Waals surface area contributed by atoms with Gasteiger partial charge in [-0.15, -0.1) is 0 Å². The minimum Gasteiger partial charge on any atom is -0.507 e. The van der Waals surface area contributed by atoms with E-state index >= 15 is 0 Å². The van der Waals surface area contributed by atoms with Crippen LogP contribution in [0.25, 0.3) is 17.2 Å². The van der Waals surface area contributed by atoms with Crippen LogP contribution in [0, 0.1) is 41.4 Å². The topological polar surface area (TPSA) is 158 Å². The molecule has 2 saturated carbocycles. The number of Topliss-reactive ketones (excluding diaryl/α,β-unsaturated/α-hetero) is 2. The summed E-state index contributed by atoms with van der Waals surface area (Å²) >= 11 is 0. The lowest BCUT2D eigenvalue weighted by molar-refractivity contribution is -0.265. The molecule has 6 N–H and O–H groups in total. The second kappa shape index (κ2) is 9.34. The predicted molar refractivity (Wildman–Crippen MR) is 154 cm³/mol. The summed E-state index contributed by atoms with van der Waals surface area (Å²) in [5, 5.41) is 46.3. The summed E-state index contributed by atoms with van der Waals surface area (Å²) < 4.78 is 0. The first-order valence-electron chi connectivity index (χ1n) is 14.1. The molecule has 8 atom stereocenters. The van der Waals surface area contributed by atoms with Crippen LogP contribution in [0.4, 0.5) is 0 Å². The number of ketones is 2. The molecule has 2 aromatic carbocycles. The summed E-state index contributed by atoms with van der Waals surface area (Å²) in [6.45, 7) is 13.0. The molecule has 8 heteroatoms. The van der Waals surface area contributed by atoms with Crippen molar-refractivity contribution in [3.8, 4) is 16.9 Å². The van der Waals surface area contributed by atoms with E-state index in [1.165, 1.54) is 6.07 Å². The van der Waals surface area contributed by atoms with E-state index in [1.807, 2.05) is 45.9 Å². The molecular weight excluding hydrogens is 522 g/mol. The first-order chi connectivity index (χ1) is 19.0. The van der Waals surface area contributed by atoms with Gasteiger partial charge < -0.3 is 26.2 Å². The summed E-state index contributed by atoms with van der Waals surface area (Å²) in [6.07, 6.45) is -1.25. The van der Waals surface area contributed by atoms with Crippen molar-refractivity contribution in [1.82, 2.24) is 0 Å². The van der Waals surface area contributed by atoms with E-state index in [2.05, 4.69) is 6.58 Å². The van der Waals surface area contributed by atoms with Gasteiger partial charge in [0.1, 0.15) is 17.8 Å². The molecular formula is C33H39NO7. The molecule has 3 aliphatic rings. The maximum atomic E-state index is 14.3. The van der Waals surface area contributed by atoms with Crippen LogP contribution >= 0.6 is 0 Å². The van der Waals surface area contributed by atoms with E-state index in [4.69, 9.17) is 5.73 Å². The maximum Gasteiger partial charge on any atom is 0.230 e. The van der Waals surface area contributed by atoms with Gasteiger partial charge in [0.25, 0.3) is 0 Å². The Labute approximate surface area is 239 Å². The number of hydrogen-bond acceptors (Lipinski definition) is 7. The molecule has 0 aliphatic heterocycles. The van der Waals surface area contributed by atoms with E-state index in [1.54, 1.807) is 19.1 Å². The van der Waals surface area contributed by atoms with Crippen molar-refractivity contribution in [3.63, 3.8) is 0 Å². The molecule has 0 bridgehead atoms. The highest BCUT2D eigenvalue weighted by Crippen LogP contribution is 2.66. The number of aromatic hydroxyl groups is 1. The van der Waals surface area contributed by atoms with E-state index in [-0.39, 0.29) is 30.1 Å². The minimum atomic E-state index is -2.53. The Morgan fingerprint density at radius 3 is 2.39 bits per heavy atom. The van der Waals surface area contributed by atoms with Crippen LogP contribution in [0.2, 0.25) is 0 Å². The van der Waals surface area contributed by atoms with Gasteiger partial charge in [-0.2, -0.15) is 0 Å². The lowest BCUT2D eigenvalue weighted by Gasteiger charge is -2.66. The molecule has 0 radical (unpaired) electrons. The van der Waals surface area contributed by atoms with Crippen LogP contribution in [-0.2, 0) is 16.0 Å². The molecule has 3 aliphatic carbocycles. The SMILES string of the molecule is C=Cc1cc(-c2ccc(O)c3c2C[C@]2(C)C[C@]4(C)[C@@H](C(C)C)C(O)[C@@H](C(N)=O)C(=O)[C@]4(O)C(O)[C@H]2C3=O)ccc1C. The molecule has 2 fully saturated rings. The number of carbonyl (C=O) groups excluding carboxylic acids is 3. The van der Waals surface area contributed by atoms with E-state index < -0.39 is 63.9 Å². The number of nitrogens with two attached hydrogens (primary N) is 1. The Hall–Kier alpha value is -3.33. The number of carbonyl (C=O) groups is 3. The average Bonchev–Trinajstić information content (AvgIpc) is 2.86. The van der Waals surface area contributed by atoms with Crippen LogP contribution in [0.3, 0.4) is 0 Å². The highest BCUT2D eigenvalue weighted by atomic mass is 16.4. The molecule has 0 saturated heterocycles. The zero-order chi connectivity index (χ0) is 30.4. The van der Waals surface area contributed by atoms with Crippen molar-refractivity contribution in [2.24, 2.45) is 40.2 Å². The van der Waals surface area contributed by atoms with Gasteiger partial charge in [-0.1, -0.05) is 58.5 Å². The Bertz CT molecular complexity index is 1500. The van der Waals surface area contributed by atoms with Crippen LogP contribution in [0.15, 0.2) is 36.9 Å². The minimum absolute atomic E-state index is 0.0483. The standard InChI is InChI=1S/C33H39NO7/c1-7-17-12-18(9-8-16(17)4)19-10-11-21(35)22-20(19)13-31(5)14-32(6)24(15(2)3)27(37)23(30(34)40)28(38)33(32,41)29(39)25(31)26(22)36/h7-12,15,23-25,27,29,35,37,39,41H,1,13-14H2,2-6H3,(H2,34,40)/t23-,24+,25-,27?,29?,31-,32-,33+/m1/s1. The summed E-state index contributed by atoms with van der Waals surface area (Å²) in [4.78, 5) is 40.4. The molecule has 41 heavy (non-hydrogen) atoms. The fourth-order valence-corrected chi connectivity index (χ4v) is 8.83. The Morgan fingerprint density at radius 2 is 1.80 bits per heavy atom. The quantitative estimate of drug-likeness (QED) is 0.359. The number of primary amides is 1. The van der Waals surface area contributed by atoms with Gasteiger partial charge in [0.15, 0.2) is 17.2 Å². The van der Waals surface area contributed by atoms with Gasteiger partial charge in [-0.3, -0.25) is 14.4 Å². The number of fused-ring (bicyclic) bond motifs is 3. The summed E-state index contributed by atoms with van der Waals surface area (Å²) in [7, 11) is 0. The Balaban J connectivity index is 1.73. The molecule has 0 spiro atoms. The number of phenols is 1. The predicted octanol–water partition coefficient (Wildman–Crippen LogP) is 3.19. The lowest BCUT2D eigenvalue weighted by Crippen LogP contribution is -2.79. The van der Waals surface area contributed by atoms with Crippen molar-refractivity contribution in [2.75, 3.05) is 0 Å². The molecule has 5 rings (SSSR count). The third-order valence-electron chi connectivity index (χ3n) is 10.5. The van der Waals surface area contributed by atoms with Gasteiger partial charge in [0.05, 0.1) is 17.6 Å². The van der Waals surface area contributed by atoms with Crippen molar-refractivity contribution >= 4 is 23.5 Å². The average molecular weight is 562 g/mol. The van der Waals surface area contributed by atoms with E-state index in [0.29, 0.717) is 5.56 Å². The molecule has 2 unspecified atom stereocenters. The number of hydrogen-bond donors (Lipinski definition) is 5. The first-order valence-corrected chi connectivity index (χ1v) is 14.1. The largest absolute Gasteiger partial charge is 0.507 e. The Morgan fingerprint density at radius 1 is 1.15 bits per heavy atom. The number of aliphatic hydroxyl groups excluding tert-OH is 2. The second-order valence-corrected chi connectivity index (χ2v) is 13.2. The van der Waals surface area contributed by atoms with Gasteiger partial charge in [-0.05, 0) is 77.0 Å². The van der Waals surface area contributed by atoms with Crippen molar-refractivity contribution in [3.05, 3.63) is 59.2 Å². The lowest BCUT2D eigenvalue weighted by atomic mass is 9.39.